The second-order valence-corrected chi connectivity index (χ2v) is 3.65. The van der Waals surface area contributed by atoms with Crippen LogP contribution < -0.4 is 0 Å². The SMILES string of the molecule is CCOC(=O)C(O)c1cccc2c(C)noc12. The maximum absolute atomic E-state index is 11.5. The van der Waals surface area contributed by atoms with Gasteiger partial charge in [-0.05, 0) is 19.9 Å². The molecule has 0 aliphatic carbocycles. The van der Waals surface area contributed by atoms with Gasteiger partial charge in [-0.25, -0.2) is 4.79 Å². The molecule has 17 heavy (non-hydrogen) atoms. The van der Waals surface area contributed by atoms with Gasteiger partial charge in [-0.15, -0.1) is 0 Å². The Labute approximate surface area is 98.0 Å². The summed E-state index contributed by atoms with van der Waals surface area (Å²) < 4.78 is 9.87. The first kappa shape index (κ1) is 11.6. The van der Waals surface area contributed by atoms with Crippen LogP contribution in [0.4, 0.5) is 0 Å². The number of aryl methyl sites for hydroxylation is 1. The van der Waals surface area contributed by atoms with Gasteiger partial charge in [0.15, 0.2) is 11.7 Å². The lowest BCUT2D eigenvalue weighted by Gasteiger charge is -2.09. The van der Waals surface area contributed by atoms with E-state index in [1.54, 1.807) is 26.0 Å². The Morgan fingerprint density at radius 2 is 2.35 bits per heavy atom. The standard InChI is InChI=1S/C12H13NO4/c1-3-16-12(15)10(14)9-6-4-5-8-7(2)13-17-11(8)9/h4-6,10,14H,3H2,1-2H3. The van der Waals surface area contributed by atoms with Crippen molar-refractivity contribution in [2.75, 3.05) is 6.61 Å². The molecule has 2 rings (SSSR count). The van der Waals surface area contributed by atoms with Crippen LogP contribution in [0.25, 0.3) is 11.0 Å². The van der Waals surface area contributed by atoms with Crippen LogP contribution in [0, 0.1) is 6.92 Å². The lowest BCUT2D eigenvalue weighted by atomic mass is 10.1. The first-order chi connectivity index (χ1) is 8.15. The van der Waals surface area contributed by atoms with Crippen LogP contribution in [0.15, 0.2) is 22.7 Å². The molecule has 1 N–H and O–H groups in total. The Bertz CT molecular complexity index is 546. The van der Waals surface area contributed by atoms with Crippen LogP contribution in [0.2, 0.25) is 0 Å². The van der Waals surface area contributed by atoms with Crippen LogP contribution >= 0.6 is 0 Å². The molecule has 90 valence electrons. The summed E-state index contributed by atoms with van der Waals surface area (Å²) in [5.41, 5.74) is 1.52. The fraction of sp³-hybridized carbons (Fsp3) is 0.333. The predicted octanol–water partition coefficient (Wildman–Crippen LogP) is 1.73. The lowest BCUT2D eigenvalue weighted by Crippen LogP contribution is -2.15. The average Bonchev–Trinajstić information content (AvgIpc) is 2.71. The predicted molar refractivity (Wildman–Crippen MR) is 60.3 cm³/mol. The zero-order valence-corrected chi connectivity index (χ0v) is 9.64. The number of hydrogen-bond donors (Lipinski definition) is 1. The van der Waals surface area contributed by atoms with Crippen molar-refractivity contribution in [2.45, 2.75) is 20.0 Å². The number of aromatic nitrogens is 1. The molecule has 1 atom stereocenters. The maximum Gasteiger partial charge on any atom is 0.339 e. The summed E-state index contributed by atoms with van der Waals surface area (Å²) in [7, 11) is 0. The molecular weight excluding hydrogens is 222 g/mol. The number of fused-ring (bicyclic) bond motifs is 1. The van der Waals surface area contributed by atoms with Gasteiger partial charge in [-0.1, -0.05) is 17.3 Å². The Morgan fingerprint density at radius 1 is 1.59 bits per heavy atom. The highest BCUT2D eigenvalue weighted by Gasteiger charge is 2.23. The highest BCUT2D eigenvalue weighted by atomic mass is 16.5. The van der Waals surface area contributed by atoms with Crippen LogP contribution in [0.3, 0.4) is 0 Å². The zero-order chi connectivity index (χ0) is 12.4. The van der Waals surface area contributed by atoms with E-state index in [9.17, 15) is 9.90 Å². The fourth-order valence-corrected chi connectivity index (χ4v) is 1.67. The second-order valence-electron chi connectivity index (χ2n) is 3.65. The van der Waals surface area contributed by atoms with Crippen molar-refractivity contribution < 1.29 is 19.2 Å². The van der Waals surface area contributed by atoms with Crippen molar-refractivity contribution in [3.05, 3.63) is 29.5 Å². The summed E-state index contributed by atoms with van der Waals surface area (Å²) in [6.07, 6.45) is -1.34. The van der Waals surface area contributed by atoms with Crippen molar-refractivity contribution in [3.8, 4) is 0 Å². The molecule has 5 nitrogen and oxygen atoms in total. The molecule has 0 aliphatic heterocycles. The summed E-state index contributed by atoms with van der Waals surface area (Å²) in [5.74, 6) is -0.686. The van der Waals surface area contributed by atoms with Crippen molar-refractivity contribution in [1.82, 2.24) is 5.16 Å². The fourth-order valence-electron chi connectivity index (χ4n) is 1.67. The van der Waals surface area contributed by atoms with Gasteiger partial charge < -0.3 is 14.4 Å². The summed E-state index contributed by atoms with van der Waals surface area (Å²) in [4.78, 5) is 11.5. The number of aliphatic hydroxyl groups is 1. The molecule has 0 fully saturated rings. The van der Waals surface area contributed by atoms with E-state index >= 15 is 0 Å². The quantitative estimate of drug-likeness (QED) is 0.820. The smallest absolute Gasteiger partial charge is 0.339 e. The molecule has 0 radical (unpaired) electrons. The third kappa shape index (κ3) is 2.01. The van der Waals surface area contributed by atoms with E-state index in [1.807, 2.05) is 6.07 Å². The van der Waals surface area contributed by atoms with E-state index < -0.39 is 12.1 Å². The van der Waals surface area contributed by atoms with Gasteiger partial charge in [0, 0.05) is 10.9 Å². The second kappa shape index (κ2) is 4.55. The Morgan fingerprint density at radius 3 is 3.06 bits per heavy atom. The molecule has 0 aliphatic rings. The van der Waals surface area contributed by atoms with Gasteiger partial charge in [0.2, 0.25) is 0 Å². The number of benzene rings is 1. The number of rotatable bonds is 3. The minimum Gasteiger partial charge on any atom is -0.464 e. The molecule has 1 aromatic heterocycles. The number of carbonyl (C=O) groups excluding carboxylic acids is 1. The summed E-state index contributed by atoms with van der Waals surface area (Å²) in [6.45, 7) is 3.71. The van der Waals surface area contributed by atoms with Gasteiger partial charge in [-0.2, -0.15) is 0 Å². The number of aliphatic hydroxyl groups excluding tert-OH is 1. The number of nitrogens with zero attached hydrogens (tertiary/aromatic N) is 1. The molecular formula is C12H13NO4. The molecule has 1 aromatic carbocycles. The minimum atomic E-state index is -1.34. The minimum absolute atomic E-state index is 0.224. The molecule has 0 saturated carbocycles. The third-order valence-corrected chi connectivity index (χ3v) is 2.51. The highest BCUT2D eigenvalue weighted by Crippen LogP contribution is 2.26. The molecule has 0 spiro atoms. The molecule has 5 heteroatoms. The van der Waals surface area contributed by atoms with Crippen molar-refractivity contribution in [2.24, 2.45) is 0 Å². The van der Waals surface area contributed by atoms with E-state index in [-0.39, 0.29) is 6.61 Å². The van der Waals surface area contributed by atoms with Gasteiger partial charge >= 0.3 is 5.97 Å². The number of para-hydroxylation sites is 1. The molecule has 0 amide bonds. The maximum atomic E-state index is 11.5. The van der Waals surface area contributed by atoms with Crippen LogP contribution in [-0.2, 0) is 9.53 Å². The molecule has 1 unspecified atom stereocenters. The van der Waals surface area contributed by atoms with E-state index in [2.05, 4.69) is 5.16 Å². The summed E-state index contributed by atoms with van der Waals surface area (Å²) in [6, 6.07) is 5.18. The Balaban J connectivity index is 2.45. The Kier molecular flexibility index (Phi) is 3.10. The first-order valence-corrected chi connectivity index (χ1v) is 5.34. The van der Waals surface area contributed by atoms with Crippen molar-refractivity contribution in [1.29, 1.82) is 0 Å². The number of esters is 1. The molecule has 1 heterocycles. The van der Waals surface area contributed by atoms with Crippen LogP contribution in [0.1, 0.15) is 24.3 Å². The largest absolute Gasteiger partial charge is 0.464 e. The number of ether oxygens (including phenoxy) is 1. The number of carbonyl (C=O) groups is 1. The summed E-state index contributed by atoms with van der Waals surface area (Å²) in [5, 5.41) is 14.5. The van der Waals surface area contributed by atoms with Gasteiger partial charge in [0.1, 0.15) is 0 Å². The Hall–Kier alpha value is -1.88. The first-order valence-electron chi connectivity index (χ1n) is 5.34. The van der Waals surface area contributed by atoms with E-state index in [4.69, 9.17) is 9.26 Å². The normalized spacial score (nSPS) is 12.6. The van der Waals surface area contributed by atoms with Gasteiger partial charge in [-0.3, -0.25) is 0 Å². The highest BCUT2D eigenvalue weighted by molar-refractivity contribution is 5.87. The average molecular weight is 235 g/mol. The third-order valence-electron chi connectivity index (χ3n) is 2.51. The monoisotopic (exact) mass is 235 g/mol. The molecule has 0 bridgehead atoms. The molecule has 2 aromatic rings. The van der Waals surface area contributed by atoms with E-state index in [0.29, 0.717) is 11.1 Å². The van der Waals surface area contributed by atoms with Crippen molar-refractivity contribution >= 4 is 16.9 Å². The lowest BCUT2D eigenvalue weighted by molar-refractivity contribution is -0.153. The van der Waals surface area contributed by atoms with Crippen molar-refractivity contribution in [3.63, 3.8) is 0 Å². The van der Waals surface area contributed by atoms with Gasteiger partial charge in [0.25, 0.3) is 0 Å². The van der Waals surface area contributed by atoms with E-state index in [0.717, 1.165) is 11.1 Å². The topological polar surface area (TPSA) is 72.6 Å². The zero-order valence-electron chi connectivity index (χ0n) is 9.64. The van der Waals surface area contributed by atoms with Gasteiger partial charge in [0.05, 0.1) is 12.3 Å². The van der Waals surface area contributed by atoms with Crippen LogP contribution in [-0.4, -0.2) is 22.8 Å². The van der Waals surface area contributed by atoms with E-state index in [1.165, 1.54) is 0 Å². The summed E-state index contributed by atoms with van der Waals surface area (Å²) >= 11 is 0. The molecule has 0 saturated heterocycles. The number of hydrogen-bond acceptors (Lipinski definition) is 5. The van der Waals surface area contributed by atoms with Crippen LogP contribution in [0.5, 0.6) is 0 Å².